The molecule has 5 heteroatoms. The third kappa shape index (κ3) is 9.12. The van der Waals surface area contributed by atoms with E-state index < -0.39 is 8.56 Å². The zero-order chi connectivity index (χ0) is 10.5. The van der Waals surface area contributed by atoms with Gasteiger partial charge in [-0.3, -0.25) is 0 Å². The quantitative estimate of drug-likeness (QED) is 0.498. The second-order valence-electron chi connectivity index (χ2n) is 3.85. The van der Waals surface area contributed by atoms with Crippen LogP contribution < -0.4 is 17.0 Å². The molecule has 0 aliphatic rings. The average molecular weight is 308 g/mol. The molecule has 0 aromatic rings. The van der Waals surface area contributed by atoms with Crippen LogP contribution in [0.25, 0.3) is 0 Å². The van der Waals surface area contributed by atoms with E-state index >= 15 is 0 Å². The minimum Gasteiger partial charge on any atom is -1.00 e. The molecule has 0 heterocycles. The Balaban J connectivity index is -0.000000720. The van der Waals surface area contributed by atoms with Crippen molar-refractivity contribution in [3.05, 3.63) is 6.92 Å². The molecule has 88 valence electrons. The van der Waals surface area contributed by atoms with Crippen LogP contribution >= 0.6 is 0 Å². The molecule has 0 atom stereocenters. The molecule has 0 aromatic heterocycles. The standard InChI is InChI=1S/C10H23O2Si.BrH.Mg/c1-7-13(8-2,11-9(3)4)12-10(5)6;;/h9-10H,1,7-8H2,2-6H3;1H;/q-1;;+2/p-1. The maximum atomic E-state index is 5.90. The molecule has 0 rings (SSSR count). The van der Waals surface area contributed by atoms with E-state index in [9.17, 15) is 0 Å². The van der Waals surface area contributed by atoms with Gasteiger partial charge in [0.05, 0.1) is 0 Å². The zero-order valence-corrected chi connectivity index (χ0v) is 14.7. The Morgan fingerprint density at radius 3 is 1.53 bits per heavy atom. The second kappa shape index (κ2) is 10.5. The van der Waals surface area contributed by atoms with Gasteiger partial charge < -0.3 is 32.8 Å². The Morgan fingerprint density at radius 2 is 1.40 bits per heavy atom. The maximum Gasteiger partial charge on any atom is 2.00 e. The SMILES string of the molecule is [Br-].[CH2-]C[Si](CC)(OC(C)C)OC(C)C.[Mg+2]. The number of halogens is 1. The van der Waals surface area contributed by atoms with E-state index in [4.69, 9.17) is 8.85 Å². The summed E-state index contributed by atoms with van der Waals surface area (Å²) in [6.07, 6.45) is 0.485. The average Bonchev–Trinajstić information content (AvgIpc) is 2.01. The number of hydrogen-bond donors (Lipinski definition) is 0. The van der Waals surface area contributed by atoms with Gasteiger partial charge in [-0.15, -0.1) is 6.04 Å². The molecule has 0 fully saturated rings. The van der Waals surface area contributed by atoms with Crippen molar-refractivity contribution in [2.24, 2.45) is 0 Å². The first kappa shape index (κ1) is 21.6. The summed E-state index contributed by atoms with van der Waals surface area (Å²) in [6, 6.07) is 1.77. The summed E-state index contributed by atoms with van der Waals surface area (Å²) >= 11 is 0. The molecule has 0 amide bonds. The zero-order valence-electron chi connectivity index (χ0n) is 10.7. The molecule has 0 aliphatic carbocycles. The van der Waals surface area contributed by atoms with Crippen LogP contribution in [0, 0.1) is 6.92 Å². The van der Waals surface area contributed by atoms with E-state index in [-0.39, 0.29) is 52.2 Å². The number of hydrogen-bond acceptors (Lipinski definition) is 2. The van der Waals surface area contributed by atoms with Gasteiger partial charge in [0.2, 0.25) is 0 Å². The van der Waals surface area contributed by atoms with Crippen LogP contribution in [0.3, 0.4) is 0 Å². The van der Waals surface area contributed by atoms with Crippen LogP contribution in [-0.4, -0.2) is 43.8 Å². The van der Waals surface area contributed by atoms with Crippen LogP contribution in [0.1, 0.15) is 34.6 Å². The van der Waals surface area contributed by atoms with Gasteiger partial charge in [0.25, 0.3) is 0 Å². The Hall–Kier alpha value is 1.38. The van der Waals surface area contributed by atoms with Crippen molar-refractivity contribution < 1.29 is 25.8 Å². The monoisotopic (exact) mass is 306 g/mol. The molecule has 0 N–H and O–H groups in total. The van der Waals surface area contributed by atoms with Gasteiger partial charge in [0.1, 0.15) is 0 Å². The fourth-order valence-electron chi connectivity index (χ4n) is 1.35. The Morgan fingerprint density at radius 1 is 1.07 bits per heavy atom. The van der Waals surface area contributed by atoms with Gasteiger partial charge in [-0.1, -0.05) is 6.92 Å². The van der Waals surface area contributed by atoms with Crippen LogP contribution in [0.4, 0.5) is 0 Å². The summed E-state index contributed by atoms with van der Waals surface area (Å²) < 4.78 is 11.8. The van der Waals surface area contributed by atoms with Gasteiger partial charge in [-0.05, 0) is 33.7 Å². The van der Waals surface area contributed by atoms with Gasteiger partial charge in [0, 0.05) is 12.2 Å². The van der Waals surface area contributed by atoms with Crippen LogP contribution in [0.2, 0.25) is 12.1 Å². The number of rotatable bonds is 6. The summed E-state index contributed by atoms with van der Waals surface area (Å²) in [4.78, 5) is 0. The van der Waals surface area contributed by atoms with Crippen molar-refractivity contribution in [3.8, 4) is 0 Å². The van der Waals surface area contributed by atoms with Gasteiger partial charge >= 0.3 is 31.6 Å². The first-order valence-electron chi connectivity index (χ1n) is 5.10. The van der Waals surface area contributed by atoms with E-state index in [1.54, 1.807) is 0 Å². The van der Waals surface area contributed by atoms with Gasteiger partial charge in [-0.25, -0.2) is 0 Å². The molecule has 15 heavy (non-hydrogen) atoms. The minimum absolute atomic E-state index is 0. The molecular formula is C10H23BrMgO2Si. The van der Waals surface area contributed by atoms with Crippen LogP contribution in [0.15, 0.2) is 0 Å². The Labute approximate surface area is 123 Å². The third-order valence-corrected chi connectivity index (χ3v) is 5.46. The fraction of sp³-hybridized carbons (Fsp3) is 0.900. The van der Waals surface area contributed by atoms with E-state index in [0.29, 0.717) is 0 Å². The molecule has 0 saturated heterocycles. The van der Waals surface area contributed by atoms with Crippen LogP contribution in [0.5, 0.6) is 0 Å². The van der Waals surface area contributed by atoms with Crippen LogP contribution in [-0.2, 0) is 8.85 Å². The van der Waals surface area contributed by atoms with Crippen molar-refractivity contribution >= 4 is 31.6 Å². The molecule has 0 bridgehead atoms. The molecular weight excluding hydrogens is 284 g/mol. The molecule has 0 aromatic carbocycles. The Kier molecular flexibility index (Phi) is 15.2. The van der Waals surface area contributed by atoms with E-state index in [2.05, 4.69) is 41.5 Å². The summed E-state index contributed by atoms with van der Waals surface area (Å²) in [5.74, 6) is 0. The van der Waals surface area contributed by atoms with Gasteiger partial charge in [-0.2, -0.15) is 0 Å². The first-order valence-corrected chi connectivity index (χ1v) is 7.33. The van der Waals surface area contributed by atoms with Crippen molar-refractivity contribution in [2.75, 3.05) is 0 Å². The summed E-state index contributed by atoms with van der Waals surface area (Å²) in [6.45, 7) is 14.3. The molecule has 0 spiro atoms. The topological polar surface area (TPSA) is 18.5 Å². The smallest absolute Gasteiger partial charge is 1.00 e. The van der Waals surface area contributed by atoms with Gasteiger partial charge in [0.15, 0.2) is 0 Å². The van der Waals surface area contributed by atoms with E-state index in [1.807, 2.05) is 0 Å². The first-order chi connectivity index (χ1) is 5.95. The summed E-state index contributed by atoms with van der Waals surface area (Å²) in [5, 5.41) is 0. The molecule has 2 nitrogen and oxygen atoms in total. The van der Waals surface area contributed by atoms with Crippen molar-refractivity contribution in [3.63, 3.8) is 0 Å². The molecule has 0 radical (unpaired) electrons. The molecule has 0 aliphatic heterocycles. The van der Waals surface area contributed by atoms with Crippen molar-refractivity contribution in [1.82, 2.24) is 0 Å². The van der Waals surface area contributed by atoms with Crippen molar-refractivity contribution in [1.29, 1.82) is 0 Å². The Bertz CT molecular complexity index is 129. The summed E-state index contributed by atoms with van der Waals surface area (Å²) in [5.41, 5.74) is 0. The largest absolute Gasteiger partial charge is 2.00 e. The normalized spacial score (nSPS) is 11.2. The molecule has 0 unspecified atom stereocenters. The summed E-state index contributed by atoms with van der Waals surface area (Å²) in [7, 11) is -1.98. The predicted molar refractivity (Wildman–Crippen MR) is 64.6 cm³/mol. The third-order valence-electron chi connectivity index (χ3n) is 1.82. The van der Waals surface area contributed by atoms with E-state index in [1.165, 1.54) is 0 Å². The molecule has 0 saturated carbocycles. The van der Waals surface area contributed by atoms with Crippen molar-refractivity contribution in [2.45, 2.75) is 58.9 Å². The predicted octanol–water partition coefficient (Wildman–Crippen LogP) is -0.244. The fourth-order valence-corrected chi connectivity index (χ4v) is 4.04. The second-order valence-corrected chi connectivity index (χ2v) is 7.35. The maximum absolute atomic E-state index is 5.90. The van der Waals surface area contributed by atoms with E-state index in [0.717, 1.165) is 12.1 Å². The minimum atomic E-state index is -1.98.